The van der Waals surface area contributed by atoms with E-state index in [-0.39, 0.29) is 12.0 Å². The van der Waals surface area contributed by atoms with Crippen molar-refractivity contribution in [2.24, 2.45) is 5.73 Å². The molecule has 4 rings (SSSR count). The van der Waals surface area contributed by atoms with Crippen LogP contribution >= 0.6 is 11.3 Å². The molecule has 2 aromatic heterocycles. The van der Waals surface area contributed by atoms with Crippen molar-refractivity contribution >= 4 is 27.5 Å². The van der Waals surface area contributed by atoms with E-state index in [0.29, 0.717) is 12.3 Å². The van der Waals surface area contributed by atoms with Gasteiger partial charge in [-0.25, -0.2) is 9.97 Å². The maximum Gasteiger partial charge on any atom is 0.225 e. The Balaban J connectivity index is 1.66. The third-order valence-electron chi connectivity index (χ3n) is 5.27. The lowest BCUT2D eigenvalue weighted by Crippen LogP contribution is -2.20. The van der Waals surface area contributed by atoms with Crippen molar-refractivity contribution in [3.8, 4) is 5.88 Å². The molecule has 0 bridgehead atoms. The molecule has 0 unspecified atom stereocenters. The minimum Gasteiger partial charge on any atom is -0.474 e. The SMILES string of the molecule is NC(=O)CC[C@H]1CCc2sc3ncnc(OC4CCCCC4)c3c21. The monoisotopic (exact) mass is 345 g/mol. The standard InChI is InChI=1S/C18H23N3O2S/c19-14(22)9-7-11-6-8-13-15(11)16-17(20-10-21-18(16)24-13)23-12-4-2-1-3-5-12/h10-12H,1-9H2,(H2,19,22)/t11-/m1/s1. The molecule has 6 heteroatoms. The number of nitrogens with two attached hydrogens (primary N) is 1. The van der Waals surface area contributed by atoms with E-state index in [9.17, 15) is 4.79 Å². The van der Waals surface area contributed by atoms with E-state index >= 15 is 0 Å². The Morgan fingerprint density at radius 3 is 2.88 bits per heavy atom. The summed E-state index contributed by atoms with van der Waals surface area (Å²) in [6, 6.07) is 0. The van der Waals surface area contributed by atoms with Crippen molar-refractivity contribution < 1.29 is 9.53 Å². The number of nitrogens with zero attached hydrogens (tertiary/aromatic N) is 2. The molecule has 128 valence electrons. The molecule has 24 heavy (non-hydrogen) atoms. The Labute approximate surface area is 145 Å². The van der Waals surface area contributed by atoms with Gasteiger partial charge in [0, 0.05) is 11.3 Å². The lowest BCUT2D eigenvalue weighted by Gasteiger charge is -2.23. The first kappa shape index (κ1) is 15.8. The number of amides is 1. The Morgan fingerprint density at radius 1 is 1.25 bits per heavy atom. The third kappa shape index (κ3) is 2.99. The van der Waals surface area contributed by atoms with Crippen molar-refractivity contribution in [1.82, 2.24) is 9.97 Å². The summed E-state index contributed by atoms with van der Waals surface area (Å²) < 4.78 is 6.29. The van der Waals surface area contributed by atoms with Crippen LogP contribution in [0, 0.1) is 0 Å². The summed E-state index contributed by atoms with van der Waals surface area (Å²) in [5.74, 6) is 0.897. The minimum atomic E-state index is -0.224. The van der Waals surface area contributed by atoms with E-state index in [1.165, 1.54) is 29.7 Å². The summed E-state index contributed by atoms with van der Waals surface area (Å²) in [7, 11) is 0. The first-order valence-electron chi connectivity index (χ1n) is 8.93. The molecule has 1 amide bonds. The van der Waals surface area contributed by atoms with Crippen molar-refractivity contribution in [3.63, 3.8) is 0 Å². The quantitative estimate of drug-likeness (QED) is 0.896. The zero-order valence-electron chi connectivity index (χ0n) is 13.8. The second kappa shape index (κ2) is 6.67. The summed E-state index contributed by atoms with van der Waals surface area (Å²) in [5, 5.41) is 1.09. The van der Waals surface area contributed by atoms with Crippen LogP contribution in [-0.2, 0) is 11.2 Å². The minimum absolute atomic E-state index is 0.224. The van der Waals surface area contributed by atoms with Crippen molar-refractivity contribution in [1.29, 1.82) is 0 Å². The molecular weight excluding hydrogens is 322 g/mol. The molecular formula is C18H23N3O2S. The van der Waals surface area contributed by atoms with Gasteiger partial charge in [0.05, 0.1) is 5.39 Å². The Hall–Kier alpha value is -1.69. The lowest BCUT2D eigenvalue weighted by atomic mass is 9.95. The smallest absolute Gasteiger partial charge is 0.225 e. The zero-order valence-corrected chi connectivity index (χ0v) is 14.6. The molecule has 0 spiro atoms. The van der Waals surface area contributed by atoms with Crippen LogP contribution < -0.4 is 10.5 Å². The fourth-order valence-corrected chi connectivity index (χ4v) is 5.31. The van der Waals surface area contributed by atoms with E-state index in [4.69, 9.17) is 10.5 Å². The molecule has 1 fully saturated rings. The predicted molar refractivity (Wildman–Crippen MR) is 94.4 cm³/mol. The number of carbonyl (C=O) groups excluding carboxylic acids is 1. The summed E-state index contributed by atoms with van der Waals surface area (Å²) in [6.45, 7) is 0. The van der Waals surface area contributed by atoms with Crippen molar-refractivity contribution in [2.45, 2.75) is 69.8 Å². The lowest BCUT2D eigenvalue weighted by molar-refractivity contribution is -0.118. The number of aromatic nitrogens is 2. The van der Waals surface area contributed by atoms with Crippen LogP contribution in [0.4, 0.5) is 0 Å². The van der Waals surface area contributed by atoms with Gasteiger partial charge in [-0.2, -0.15) is 0 Å². The molecule has 2 heterocycles. The van der Waals surface area contributed by atoms with E-state index in [0.717, 1.165) is 48.2 Å². The predicted octanol–water partition coefficient (Wildman–Crippen LogP) is 3.70. The topological polar surface area (TPSA) is 78.1 Å². The van der Waals surface area contributed by atoms with Crippen molar-refractivity contribution in [3.05, 3.63) is 16.8 Å². The van der Waals surface area contributed by atoms with Crippen LogP contribution in [0.3, 0.4) is 0 Å². The van der Waals surface area contributed by atoms with Crippen LogP contribution in [0.15, 0.2) is 6.33 Å². The number of carbonyl (C=O) groups is 1. The van der Waals surface area contributed by atoms with E-state index < -0.39 is 0 Å². The van der Waals surface area contributed by atoms with Crippen LogP contribution in [-0.4, -0.2) is 22.0 Å². The maximum absolute atomic E-state index is 11.2. The molecule has 2 aromatic rings. The van der Waals surface area contributed by atoms with Crippen LogP contribution in [0.5, 0.6) is 5.88 Å². The zero-order chi connectivity index (χ0) is 16.5. The van der Waals surface area contributed by atoms with Gasteiger partial charge in [0.2, 0.25) is 11.8 Å². The van der Waals surface area contributed by atoms with Gasteiger partial charge < -0.3 is 10.5 Å². The maximum atomic E-state index is 11.2. The molecule has 0 radical (unpaired) electrons. The molecule has 0 aliphatic heterocycles. The first-order chi connectivity index (χ1) is 11.7. The van der Waals surface area contributed by atoms with Gasteiger partial charge in [0.25, 0.3) is 0 Å². The van der Waals surface area contributed by atoms with E-state index in [1.54, 1.807) is 17.7 Å². The molecule has 0 aromatic carbocycles. The average Bonchev–Trinajstić information content (AvgIpc) is 3.13. The number of primary amides is 1. The molecule has 2 aliphatic rings. The normalized spacial score (nSPS) is 21.1. The summed E-state index contributed by atoms with van der Waals surface area (Å²) >= 11 is 1.75. The molecule has 2 N–H and O–H groups in total. The number of hydrogen-bond donors (Lipinski definition) is 1. The van der Waals surface area contributed by atoms with E-state index in [1.807, 2.05) is 0 Å². The average molecular weight is 345 g/mol. The van der Waals surface area contributed by atoms with Crippen LogP contribution in [0.1, 0.15) is 67.7 Å². The fourth-order valence-electron chi connectivity index (χ4n) is 4.08. The number of rotatable bonds is 5. The van der Waals surface area contributed by atoms with E-state index in [2.05, 4.69) is 9.97 Å². The van der Waals surface area contributed by atoms with Gasteiger partial charge in [-0.3, -0.25) is 4.79 Å². The van der Waals surface area contributed by atoms with Gasteiger partial charge in [-0.1, -0.05) is 6.42 Å². The fraction of sp³-hybridized carbons (Fsp3) is 0.611. The highest BCUT2D eigenvalue weighted by Crippen LogP contribution is 2.47. The summed E-state index contributed by atoms with van der Waals surface area (Å²) in [5.41, 5.74) is 6.67. The summed E-state index contributed by atoms with van der Waals surface area (Å²) in [4.78, 5) is 22.5. The van der Waals surface area contributed by atoms with Gasteiger partial charge in [0.15, 0.2) is 0 Å². The van der Waals surface area contributed by atoms with Gasteiger partial charge in [0.1, 0.15) is 17.3 Å². The van der Waals surface area contributed by atoms with Gasteiger partial charge >= 0.3 is 0 Å². The highest BCUT2D eigenvalue weighted by molar-refractivity contribution is 7.19. The number of fused-ring (bicyclic) bond motifs is 3. The number of ether oxygens (including phenoxy) is 1. The molecule has 0 saturated heterocycles. The van der Waals surface area contributed by atoms with Crippen LogP contribution in [0.2, 0.25) is 0 Å². The number of thiophene rings is 1. The highest BCUT2D eigenvalue weighted by atomic mass is 32.1. The number of hydrogen-bond acceptors (Lipinski definition) is 5. The molecule has 1 saturated carbocycles. The summed E-state index contributed by atoms with van der Waals surface area (Å²) in [6.07, 6.45) is 11.3. The Bertz CT molecular complexity index is 752. The van der Waals surface area contributed by atoms with Gasteiger partial charge in [-0.15, -0.1) is 11.3 Å². The van der Waals surface area contributed by atoms with Gasteiger partial charge in [-0.05, 0) is 56.4 Å². The molecule has 1 atom stereocenters. The van der Waals surface area contributed by atoms with Crippen LogP contribution in [0.25, 0.3) is 10.2 Å². The molecule has 5 nitrogen and oxygen atoms in total. The van der Waals surface area contributed by atoms with Crippen molar-refractivity contribution in [2.75, 3.05) is 0 Å². The number of aryl methyl sites for hydroxylation is 1. The molecule has 2 aliphatic carbocycles. The second-order valence-electron chi connectivity index (χ2n) is 6.92. The second-order valence-corrected chi connectivity index (χ2v) is 8.00. The largest absolute Gasteiger partial charge is 0.474 e. The Kier molecular flexibility index (Phi) is 4.39. The highest BCUT2D eigenvalue weighted by Gasteiger charge is 2.30. The first-order valence-corrected chi connectivity index (χ1v) is 9.75. The Morgan fingerprint density at radius 2 is 2.08 bits per heavy atom. The third-order valence-corrected chi connectivity index (χ3v) is 6.44.